The van der Waals surface area contributed by atoms with E-state index in [9.17, 15) is 9.59 Å². The summed E-state index contributed by atoms with van der Waals surface area (Å²) in [5.41, 5.74) is 2.99. The van der Waals surface area contributed by atoms with Crippen LogP contribution in [0.3, 0.4) is 0 Å². The van der Waals surface area contributed by atoms with Crippen molar-refractivity contribution in [3.05, 3.63) is 77.5 Å². The van der Waals surface area contributed by atoms with Crippen molar-refractivity contribution in [2.45, 2.75) is 44.2 Å². The standard InChI is InChI=1S/C23H24N2O2/c1-17(26)25-15-12-18-8-5-6-11-20(18)21(25)16-22(27)24-23(13-7-14-23)19-9-3-2-4-10-19/h2-6,8-12,15,21H,7,13-14,16H2,1H3,(H,24,27). The lowest BCUT2D eigenvalue weighted by Gasteiger charge is -2.43. The van der Waals surface area contributed by atoms with E-state index >= 15 is 0 Å². The van der Waals surface area contributed by atoms with Gasteiger partial charge in [-0.2, -0.15) is 0 Å². The summed E-state index contributed by atoms with van der Waals surface area (Å²) in [4.78, 5) is 26.8. The van der Waals surface area contributed by atoms with Crippen LogP contribution in [0.1, 0.15) is 55.3 Å². The molecule has 1 aliphatic carbocycles. The van der Waals surface area contributed by atoms with E-state index in [1.54, 1.807) is 18.0 Å². The van der Waals surface area contributed by atoms with E-state index in [2.05, 4.69) is 17.4 Å². The Morgan fingerprint density at radius 3 is 2.44 bits per heavy atom. The van der Waals surface area contributed by atoms with Gasteiger partial charge in [0.2, 0.25) is 11.8 Å². The third-order valence-corrected chi connectivity index (χ3v) is 5.76. The van der Waals surface area contributed by atoms with Crippen LogP contribution in [-0.4, -0.2) is 16.7 Å². The fourth-order valence-electron chi connectivity index (χ4n) is 4.18. The number of amides is 2. The van der Waals surface area contributed by atoms with Gasteiger partial charge in [0.05, 0.1) is 18.0 Å². The highest BCUT2D eigenvalue weighted by Gasteiger charge is 2.40. The fraction of sp³-hybridized carbons (Fsp3) is 0.304. The zero-order valence-corrected chi connectivity index (χ0v) is 15.5. The van der Waals surface area contributed by atoms with Crippen molar-refractivity contribution in [2.75, 3.05) is 0 Å². The number of hydrogen-bond donors (Lipinski definition) is 1. The molecule has 4 rings (SSSR count). The maximum Gasteiger partial charge on any atom is 0.223 e. The van der Waals surface area contributed by atoms with Gasteiger partial charge in [0, 0.05) is 13.1 Å². The van der Waals surface area contributed by atoms with E-state index in [0.29, 0.717) is 0 Å². The second kappa shape index (κ2) is 7.03. The quantitative estimate of drug-likeness (QED) is 0.891. The van der Waals surface area contributed by atoms with Gasteiger partial charge in [0.1, 0.15) is 0 Å². The monoisotopic (exact) mass is 360 g/mol. The molecule has 4 nitrogen and oxygen atoms in total. The molecule has 27 heavy (non-hydrogen) atoms. The second-order valence-electron chi connectivity index (χ2n) is 7.44. The predicted molar refractivity (Wildman–Crippen MR) is 105 cm³/mol. The van der Waals surface area contributed by atoms with Crippen LogP contribution in [-0.2, 0) is 15.1 Å². The molecule has 0 bridgehead atoms. The smallest absolute Gasteiger partial charge is 0.223 e. The molecule has 0 spiro atoms. The molecule has 2 aliphatic rings. The van der Waals surface area contributed by atoms with Gasteiger partial charge >= 0.3 is 0 Å². The Hall–Kier alpha value is -2.88. The van der Waals surface area contributed by atoms with Crippen LogP contribution in [0.25, 0.3) is 6.08 Å². The van der Waals surface area contributed by atoms with Crippen molar-refractivity contribution in [3.63, 3.8) is 0 Å². The third kappa shape index (κ3) is 3.27. The lowest BCUT2D eigenvalue weighted by Crippen LogP contribution is -2.51. The van der Waals surface area contributed by atoms with E-state index in [0.717, 1.165) is 36.0 Å². The Morgan fingerprint density at radius 1 is 1.07 bits per heavy atom. The lowest BCUT2D eigenvalue weighted by atomic mass is 9.71. The van der Waals surface area contributed by atoms with Crippen LogP contribution in [0.4, 0.5) is 0 Å². The van der Waals surface area contributed by atoms with Gasteiger partial charge in [-0.05, 0) is 42.0 Å². The second-order valence-corrected chi connectivity index (χ2v) is 7.44. The summed E-state index contributed by atoms with van der Waals surface area (Å²) in [5.74, 6) is -0.0696. The Labute approximate surface area is 159 Å². The fourth-order valence-corrected chi connectivity index (χ4v) is 4.18. The molecule has 1 N–H and O–H groups in total. The SMILES string of the molecule is CC(=O)N1C=Cc2ccccc2C1CC(=O)NC1(c2ccccc2)CCC1. The Morgan fingerprint density at radius 2 is 1.78 bits per heavy atom. The summed E-state index contributed by atoms with van der Waals surface area (Å²) in [6.07, 6.45) is 7.02. The molecular formula is C23H24N2O2. The van der Waals surface area contributed by atoms with Crippen LogP contribution in [0.5, 0.6) is 0 Å². The largest absolute Gasteiger partial charge is 0.347 e. The molecule has 0 aromatic heterocycles. The average Bonchev–Trinajstić information content (AvgIpc) is 2.65. The van der Waals surface area contributed by atoms with Crippen LogP contribution >= 0.6 is 0 Å². The summed E-state index contributed by atoms with van der Waals surface area (Å²) in [7, 11) is 0. The molecule has 2 amide bonds. The first-order valence-electron chi connectivity index (χ1n) is 9.52. The zero-order chi connectivity index (χ0) is 18.9. The van der Waals surface area contributed by atoms with Gasteiger partial charge in [0.25, 0.3) is 0 Å². The van der Waals surface area contributed by atoms with Gasteiger partial charge in [-0.3, -0.25) is 9.59 Å². The lowest BCUT2D eigenvalue weighted by molar-refractivity contribution is -0.130. The molecule has 2 aromatic rings. The van der Waals surface area contributed by atoms with E-state index in [4.69, 9.17) is 0 Å². The van der Waals surface area contributed by atoms with Crippen molar-refractivity contribution in [1.82, 2.24) is 10.2 Å². The number of rotatable bonds is 4. The number of hydrogen-bond acceptors (Lipinski definition) is 2. The summed E-state index contributed by atoms with van der Waals surface area (Å²) in [6.45, 7) is 1.54. The van der Waals surface area contributed by atoms with Crippen LogP contribution in [0.15, 0.2) is 60.8 Å². The summed E-state index contributed by atoms with van der Waals surface area (Å²) < 4.78 is 0. The minimum atomic E-state index is -0.267. The first-order chi connectivity index (χ1) is 13.1. The minimum absolute atomic E-state index is 0.0140. The summed E-state index contributed by atoms with van der Waals surface area (Å²) in [5, 5.41) is 3.28. The van der Waals surface area contributed by atoms with Crippen LogP contribution in [0.2, 0.25) is 0 Å². The van der Waals surface area contributed by atoms with E-state index < -0.39 is 0 Å². The highest BCUT2D eigenvalue weighted by atomic mass is 16.2. The summed E-state index contributed by atoms with van der Waals surface area (Å²) >= 11 is 0. The highest BCUT2D eigenvalue weighted by Crippen LogP contribution is 2.42. The predicted octanol–water partition coefficient (Wildman–Crippen LogP) is 4.15. The van der Waals surface area contributed by atoms with Gasteiger partial charge in [-0.1, -0.05) is 54.6 Å². The number of nitrogens with one attached hydrogen (secondary N) is 1. The third-order valence-electron chi connectivity index (χ3n) is 5.76. The first kappa shape index (κ1) is 17.5. The molecule has 1 heterocycles. The topological polar surface area (TPSA) is 49.4 Å². The number of carbonyl (C=O) groups is 2. The number of benzene rings is 2. The Balaban J connectivity index is 1.56. The molecule has 1 fully saturated rings. The average molecular weight is 360 g/mol. The van der Waals surface area contributed by atoms with Crippen molar-refractivity contribution in [2.24, 2.45) is 0 Å². The maximum atomic E-state index is 13.0. The maximum absolute atomic E-state index is 13.0. The van der Waals surface area contributed by atoms with Crippen molar-refractivity contribution in [1.29, 1.82) is 0 Å². The molecule has 138 valence electrons. The van der Waals surface area contributed by atoms with E-state index in [1.807, 2.05) is 48.5 Å². The highest BCUT2D eigenvalue weighted by molar-refractivity contribution is 5.82. The molecule has 4 heteroatoms. The van der Waals surface area contributed by atoms with Crippen molar-refractivity contribution >= 4 is 17.9 Å². The van der Waals surface area contributed by atoms with Crippen molar-refractivity contribution in [3.8, 4) is 0 Å². The van der Waals surface area contributed by atoms with Crippen molar-refractivity contribution < 1.29 is 9.59 Å². The molecule has 1 unspecified atom stereocenters. The number of nitrogens with zero attached hydrogens (tertiary/aromatic N) is 1. The molecule has 0 saturated heterocycles. The van der Waals surface area contributed by atoms with Gasteiger partial charge in [-0.25, -0.2) is 0 Å². The molecule has 1 aliphatic heterocycles. The van der Waals surface area contributed by atoms with E-state index in [-0.39, 0.29) is 29.8 Å². The Bertz CT molecular complexity index is 884. The van der Waals surface area contributed by atoms with Crippen LogP contribution < -0.4 is 5.32 Å². The molecule has 1 atom stereocenters. The molecular weight excluding hydrogens is 336 g/mol. The number of fused-ring (bicyclic) bond motifs is 1. The Kier molecular flexibility index (Phi) is 4.56. The minimum Gasteiger partial charge on any atom is -0.347 e. The van der Waals surface area contributed by atoms with Gasteiger partial charge in [-0.15, -0.1) is 0 Å². The van der Waals surface area contributed by atoms with Gasteiger partial charge in [0.15, 0.2) is 0 Å². The number of carbonyl (C=O) groups excluding carboxylic acids is 2. The first-order valence-corrected chi connectivity index (χ1v) is 9.52. The van der Waals surface area contributed by atoms with Gasteiger partial charge < -0.3 is 10.2 Å². The zero-order valence-electron chi connectivity index (χ0n) is 15.5. The van der Waals surface area contributed by atoms with Crippen LogP contribution in [0, 0.1) is 0 Å². The normalized spacial score (nSPS) is 19.7. The molecule has 1 saturated carbocycles. The van der Waals surface area contributed by atoms with E-state index in [1.165, 1.54) is 0 Å². The molecule has 2 aromatic carbocycles. The molecule has 0 radical (unpaired) electrons. The summed E-state index contributed by atoms with van der Waals surface area (Å²) in [6, 6.07) is 17.9.